The average Bonchev–Trinajstić information content (AvgIpc) is 3.37. The van der Waals surface area contributed by atoms with Crippen molar-refractivity contribution in [1.82, 2.24) is 14.5 Å². The van der Waals surface area contributed by atoms with E-state index in [1.54, 1.807) is 11.7 Å². The van der Waals surface area contributed by atoms with Crippen molar-refractivity contribution < 1.29 is 9.53 Å². The summed E-state index contributed by atoms with van der Waals surface area (Å²) in [5.74, 6) is 0.801. The maximum absolute atomic E-state index is 13.6. The predicted molar refractivity (Wildman–Crippen MR) is 131 cm³/mol. The summed E-state index contributed by atoms with van der Waals surface area (Å²) >= 11 is 0. The number of benzene rings is 2. The molecule has 174 valence electrons. The number of carbonyl (C=O) groups is 1. The van der Waals surface area contributed by atoms with E-state index >= 15 is 0 Å². The number of nitrogens with zero attached hydrogens (tertiary/aromatic N) is 3. The second kappa shape index (κ2) is 10.3. The maximum Gasteiger partial charge on any atom is 0.266 e. The van der Waals surface area contributed by atoms with Crippen LogP contribution >= 0.6 is 0 Å². The van der Waals surface area contributed by atoms with Crippen molar-refractivity contribution in [1.29, 1.82) is 0 Å². The van der Waals surface area contributed by atoms with Gasteiger partial charge in [-0.15, -0.1) is 0 Å². The molecule has 2 aromatic carbocycles. The van der Waals surface area contributed by atoms with Gasteiger partial charge in [-0.2, -0.15) is 0 Å². The lowest BCUT2D eigenvalue weighted by molar-refractivity contribution is -0.138. The molecule has 3 aromatic rings. The number of hydrogen-bond donors (Lipinski definition) is 0. The van der Waals surface area contributed by atoms with Crippen LogP contribution in [-0.2, 0) is 9.53 Å². The van der Waals surface area contributed by atoms with Crippen molar-refractivity contribution in [3.8, 4) is 5.69 Å². The lowest BCUT2D eigenvalue weighted by atomic mass is 10.0. The van der Waals surface area contributed by atoms with Gasteiger partial charge in [0.1, 0.15) is 5.82 Å². The minimum atomic E-state index is -0.353. The Bertz CT molecular complexity index is 1160. The highest BCUT2D eigenvalue weighted by atomic mass is 16.5. The van der Waals surface area contributed by atoms with Crippen LogP contribution in [0.2, 0.25) is 0 Å². The van der Waals surface area contributed by atoms with Crippen molar-refractivity contribution in [3.05, 3.63) is 70.3 Å². The zero-order chi connectivity index (χ0) is 23.4. The van der Waals surface area contributed by atoms with Crippen LogP contribution in [0.3, 0.4) is 0 Å². The normalized spacial score (nSPS) is 15.1. The molecule has 0 spiro atoms. The molecule has 1 atom stereocenters. The monoisotopic (exact) mass is 447 g/mol. The van der Waals surface area contributed by atoms with Crippen LogP contribution in [0.25, 0.3) is 16.6 Å². The Balaban J connectivity index is 1.84. The fourth-order valence-electron chi connectivity index (χ4n) is 4.79. The number of ether oxygens (including phenoxy) is 1. The minimum Gasteiger partial charge on any atom is -0.385 e. The van der Waals surface area contributed by atoms with Gasteiger partial charge in [-0.25, -0.2) is 4.98 Å². The first-order valence-corrected chi connectivity index (χ1v) is 11.9. The third-order valence-electron chi connectivity index (χ3n) is 6.67. The Morgan fingerprint density at radius 1 is 1.15 bits per heavy atom. The third-order valence-corrected chi connectivity index (χ3v) is 6.67. The summed E-state index contributed by atoms with van der Waals surface area (Å²) in [7, 11) is 1.67. The molecule has 1 aliphatic rings. The average molecular weight is 448 g/mol. The molecular weight excluding hydrogens is 414 g/mol. The molecule has 1 heterocycles. The molecule has 6 nitrogen and oxygen atoms in total. The Morgan fingerprint density at radius 3 is 2.55 bits per heavy atom. The summed E-state index contributed by atoms with van der Waals surface area (Å²) in [4.78, 5) is 34.1. The maximum atomic E-state index is 13.6. The summed E-state index contributed by atoms with van der Waals surface area (Å²) in [5, 5.41) is 0.571. The number of methoxy groups -OCH3 is 1. The zero-order valence-electron chi connectivity index (χ0n) is 19.8. The molecular formula is C27H33N3O3. The fourth-order valence-corrected chi connectivity index (χ4v) is 4.79. The van der Waals surface area contributed by atoms with Crippen molar-refractivity contribution in [2.45, 2.75) is 52.0 Å². The minimum absolute atomic E-state index is 0.0509. The molecule has 6 heteroatoms. The summed E-state index contributed by atoms with van der Waals surface area (Å²) in [6, 6.07) is 14.9. The first-order valence-electron chi connectivity index (χ1n) is 11.9. The Morgan fingerprint density at radius 2 is 1.85 bits per heavy atom. The van der Waals surface area contributed by atoms with Crippen molar-refractivity contribution >= 4 is 16.8 Å². The molecule has 33 heavy (non-hydrogen) atoms. The molecule has 4 rings (SSSR count). The standard InChI is InChI=1S/C27H33N3O3/c1-19-13-15-22(16-14-19)30-25(28-24-12-7-6-11-23(24)27(30)32)20(2)29(17-8-18-33-3)26(31)21-9-4-5-10-21/h6-7,11-16,20-21H,4-5,8-10,17-18H2,1-3H3. The van der Waals surface area contributed by atoms with E-state index in [1.807, 2.05) is 67.3 Å². The van der Waals surface area contributed by atoms with Gasteiger partial charge in [0.2, 0.25) is 5.91 Å². The predicted octanol–water partition coefficient (Wildman–Crippen LogP) is 4.81. The number of carbonyl (C=O) groups excluding carboxylic acids is 1. The van der Waals surface area contributed by atoms with Gasteiger partial charge < -0.3 is 9.64 Å². The van der Waals surface area contributed by atoms with E-state index in [2.05, 4.69) is 0 Å². The first kappa shape index (κ1) is 23.2. The molecule has 0 bridgehead atoms. The molecule has 1 amide bonds. The van der Waals surface area contributed by atoms with Crippen LogP contribution < -0.4 is 5.56 Å². The summed E-state index contributed by atoms with van der Waals surface area (Å²) in [5.41, 5.74) is 2.41. The molecule has 1 aromatic heterocycles. The van der Waals surface area contributed by atoms with Gasteiger partial charge in [0.05, 0.1) is 22.6 Å². The first-order chi connectivity index (χ1) is 16.0. The number of fused-ring (bicyclic) bond motifs is 1. The van der Waals surface area contributed by atoms with Crippen molar-refractivity contribution in [3.63, 3.8) is 0 Å². The van der Waals surface area contributed by atoms with Gasteiger partial charge in [-0.1, -0.05) is 42.7 Å². The fraction of sp³-hybridized carbons (Fsp3) is 0.444. The molecule has 0 saturated heterocycles. The third kappa shape index (κ3) is 4.86. The SMILES string of the molecule is COCCCN(C(=O)C1CCCC1)C(C)c1nc2ccccc2c(=O)n1-c1ccc(C)cc1. The van der Waals surface area contributed by atoms with E-state index < -0.39 is 0 Å². The smallest absolute Gasteiger partial charge is 0.266 e. The second-order valence-corrected chi connectivity index (χ2v) is 9.00. The van der Waals surface area contributed by atoms with E-state index in [0.717, 1.165) is 43.4 Å². The lowest BCUT2D eigenvalue weighted by Crippen LogP contribution is -2.41. The highest BCUT2D eigenvalue weighted by Crippen LogP contribution is 2.31. The van der Waals surface area contributed by atoms with Gasteiger partial charge in [0, 0.05) is 26.2 Å². The topological polar surface area (TPSA) is 64.4 Å². The van der Waals surface area contributed by atoms with E-state index in [-0.39, 0.29) is 23.4 Å². The van der Waals surface area contributed by atoms with Crippen molar-refractivity contribution in [2.24, 2.45) is 5.92 Å². The van der Waals surface area contributed by atoms with Gasteiger partial charge >= 0.3 is 0 Å². The summed E-state index contributed by atoms with van der Waals surface area (Å²) < 4.78 is 6.93. The van der Waals surface area contributed by atoms with Crippen molar-refractivity contribution in [2.75, 3.05) is 20.3 Å². The van der Waals surface area contributed by atoms with E-state index in [4.69, 9.17) is 9.72 Å². The summed E-state index contributed by atoms with van der Waals surface area (Å²) in [6.07, 6.45) is 4.80. The molecule has 1 unspecified atom stereocenters. The number of aryl methyl sites for hydroxylation is 1. The van der Waals surface area contributed by atoms with Crippen LogP contribution in [-0.4, -0.2) is 40.6 Å². The van der Waals surface area contributed by atoms with Gasteiger partial charge in [-0.05, 0) is 57.4 Å². The molecule has 0 radical (unpaired) electrons. The van der Waals surface area contributed by atoms with Crippen LogP contribution in [0.15, 0.2) is 53.3 Å². The summed E-state index contributed by atoms with van der Waals surface area (Å²) in [6.45, 7) is 5.16. The number of aromatic nitrogens is 2. The number of para-hydroxylation sites is 1. The van der Waals surface area contributed by atoms with Crippen LogP contribution in [0.5, 0.6) is 0 Å². The van der Waals surface area contributed by atoms with E-state index in [0.29, 0.717) is 29.9 Å². The van der Waals surface area contributed by atoms with Crippen LogP contribution in [0, 0.1) is 12.8 Å². The van der Waals surface area contributed by atoms with E-state index in [9.17, 15) is 9.59 Å². The molecule has 1 fully saturated rings. The second-order valence-electron chi connectivity index (χ2n) is 9.00. The zero-order valence-corrected chi connectivity index (χ0v) is 19.8. The Kier molecular flexibility index (Phi) is 7.23. The van der Waals surface area contributed by atoms with Gasteiger partial charge in [0.15, 0.2) is 0 Å². The van der Waals surface area contributed by atoms with Crippen LogP contribution in [0.1, 0.15) is 56.5 Å². The van der Waals surface area contributed by atoms with Crippen LogP contribution in [0.4, 0.5) is 0 Å². The molecule has 1 saturated carbocycles. The number of rotatable bonds is 8. The van der Waals surface area contributed by atoms with Gasteiger partial charge in [-0.3, -0.25) is 14.2 Å². The lowest BCUT2D eigenvalue weighted by Gasteiger charge is -2.32. The highest BCUT2D eigenvalue weighted by molar-refractivity contribution is 5.80. The molecule has 0 aliphatic heterocycles. The van der Waals surface area contributed by atoms with E-state index in [1.165, 1.54) is 0 Å². The number of hydrogen-bond acceptors (Lipinski definition) is 4. The Labute approximate surface area is 195 Å². The van der Waals surface area contributed by atoms with Gasteiger partial charge in [0.25, 0.3) is 5.56 Å². The molecule has 0 N–H and O–H groups in total. The Hall–Kier alpha value is -2.99. The largest absolute Gasteiger partial charge is 0.385 e. The molecule has 1 aliphatic carbocycles. The quantitative estimate of drug-likeness (QED) is 0.465. The highest BCUT2D eigenvalue weighted by Gasteiger charge is 2.32. The number of amides is 1.